The van der Waals surface area contributed by atoms with Crippen LogP contribution in [0.1, 0.15) is 25.0 Å². The van der Waals surface area contributed by atoms with E-state index in [0.717, 1.165) is 21.2 Å². The molecule has 8 nitrogen and oxygen atoms in total. The van der Waals surface area contributed by atoms with Gasteiger partial charge in [0, 0.05) is 0 Å². The quantitative estimate of drug-likeness (QED) is 0.337. The molecule has 9 heteroatoms. The van der Waals surface area contributed by atoms with Crippen LogP contribution in [0.15, 0.2) is 82.8 Å². The molecule has 3 aromatic carbocycles. The van der Waals surface area contributed by atoms with Crippen LogP contribution in [0.3, 0.4) is 0 Å². The van der Waals surface area contributed by atoms with Crippen molar-refractivity contribution in [2.75, 3.05) is 24.6 Å². The summed E-state index contributed by atoms with van der Waals surface area (Å²) in [7, 11) is -2.62. The summed E-state index contributed by atoms with van der Waals surface area (Å²) in [6.07, 6.45) is 0. The van der Waals surface area contributed by atoms with Gasteiger partial charge in [0.25, 0.3) is 15.9 Å². The van der Waals surface area contributed by atoms with Gasteiger partial charge in [-0.15, -0.1) is 0 Å². The summed E-state index contributed by atoms with van der Waals surface area (Å²) in [4.78, 5) is 12.9. The lowest BCUT2D eigenvalue weighted by Gasteiger charge is -2.25. The van der Waals surface area contributed by atoms with Crippen molar-refractivity contribution in [3.8, 4) is 11.5 Å². The first-order chi connectivity index (χ1) is 16.8. The molecule has 3 rings (SSSR count). The fourth-order valence-corrected chi connectivity index (χ4v) is 4.79. The molecule has 0 bridgehead atoms. The van der Waals surface area contributed by atoms with Gasteiger partial charge in [-0.1, -0.05) is 24.3 Å². The maximum absolute atomic E-state index is 13.5. The van der Waals surface area contributed by atoms with E-state index in [1.165, 1.54) is 19.2 Å². The smallest absolute Gasteiger partial charge is 0.264 e. The Kier molecular flexibility index (Phi) is 8.48. The second-order valence-corrected chi connectivity index (χ2v) is 9.55. The summed E-state index contributed by atoms with van der Waals surface area (Å²) in [5, 5.41) is 4.16. The number of hydrogen-bond acceptors (Lipinski definition) is 6. The van der Waals surface area contributed by atoms with Crippen LogP contribution in [0, 0.1) is 6.92 Å². The van der Waals surface area contributed by atoms with Crippen LogP contribution in [0.5, 0.6) is 11.5 Å². The molecule has 1 amide bonds. The highest BCUT2D eigenvalue weighted by molar-refractivity contribution is 7.92. The molecule has 3 aromatic rings. The lowest BCUT2D eigenvalue weighted by Crippen LogP contribution is -2.40. The molecule has 0 aliphatic heterocycles. The highest BCUT2D eigenvalue weighted by Crippen LogP contribution is 2.33. The molecule has 0 unspecified atom stereocenters. The van der Waals surface area contributed by atoms with E-state index in [-0.39, 0.29) is 10.6 Å². The van der Waals surface area contributed by atoms with E-state index in [1.54, 1.807) is 43.3 Å². The standard InChI is InChI=1S/C26H29N3O5S/c1-5-34-22-14-12-21(13-15-22)20(3)27-28-26(30)18-29(24-17-19(2)11-16-25(24)33-4)35(31,32)23-9-7-6-8-10-23/h6-17H,5,18H2,1-4H3,(H,28,30)/b27-20-. The summed E-state index contributed by atoms with van der Waals surface area (Å²) >= 11 is 0. The Hall–Kier alpha value is -3.85. The van der Waals surface area contributed by atoms with Gasteiger partial charge < -0.3 is 9.47 Å². The molecule has 0 aliphatic rings. The van der Waals surface area contributed by atoms with Gasteiger partial charge in [-0.3, -0.25) is 9.10 Å². The van der Waals surface area contributed by atoms with Crippen molar-refractivity contribution >= 4 is 27.3 Å². The minimum Gasteiger partial charge on any atom is -0.495 e. The van der Waals surface area contributed by atoms with Crippen molar-refractivity contribution in [1.29, 1.82) is 0 Å². The number of carbonyl (C=O) groups excluding carboxylic acids is 1. The predicted molar refractivity (Wildman–Crippen MR) is 137 cm³/mol. The SMILES string of the molecule is CCOc1ccc(/C(C)=N\NC(=O)CN(c2cc(C)ccc2OC)S(=O)(=O)c2ccccc2)cc1. The maximum atomic E-state index is 13.5. The maximum Gasteiger partial charge on any atom is 0.264 e. The van der Waals surface area contributed by atoms with E-state index in [1.807, 2.05) is 38.1 Å². The topological polar surface area (TPSA) is 97.3 Å². The molecular formula is C26H29N3O5S. The average molecular weight is 496 g/mol. The van der Waals surface area contributed by atoms with Gasteiger partial charge in [0.15, 0.2) is 0 Å². The van der Waals surface area contributed by atoms with Crippen molar-refractivity contribution in [3.63, 3.8) is 0 Å². The number of methoxy groups -OCH3 is 1. The Morgan fingerprint density at radius 3 is 2.34 bits per heavy atom. The fourth-order valence-electron chi connectivity index (χ4n) is 3.35. The highest BCUT2D eigenvalue weighted by atomic mass is 32.2. The molecule has 0 fully saturated rings. The minimum atomic E-state index is -4.07. The fraction of sp³-hybridized carbons (Fsp3) is 0.231. The average Bonchev–Trinajstić information content (AvgIpc) is 2.87. The molecule has 0 aliphatic carbocycles. The Morgan fingerprint density at radius 1 is 1.03 bits per heavy atom. The normalized spacial score (nSPS) is 11.6. The number of ether oxygens (including phenoxy) is 2. The van der Waals surface area contributed by atoms with Crippen molar-refractivity contribution in [2.45, 2.75) is 25.7 Å². The van der Waals surface area contributed by atoms with E-state index >= 15 is 0 Å². The third kappa shape index (κ3) is 6.39. The Balaban J connectivity index is 1.88. The molecule has 0 saturated carbocycles. The van der Waals surface area contributed by atoms with E-state index in [2.05, 4.69) is 10.5 Å². The molecular weight excluding hydrogens is 466 g/mol. The number of hydrazone groups is 1. The van der Waals surface area contributed by atoms with Gasteiger partial charge in [0.2, 0.25) is 0 Å². The number of nitrogens with zero attached hydrogens (tertiary/aromatic N) is 2. The lowest BCUT2D eigenvalue weighted by atomic mass is 10.1. The third-order valence-electron chi connectivity index (χ3n) is 5.15. The number of amides is 1. The van der Waals surface area contributed by atoms with Crippen LogP contribution in [-0.2, 0) is 14.8 Å². The number of benzene rings is 3. The van der Waals surface area contributed by atoms with E-state index in [4.69, 9.17) is 9.47 Å². The summed E-state index contributed by atoms with van der Waals surface area (Å²) in [5.74, 6) is 0.470. The number of sulfonamides is 1. The minimum absolute atomic E-state index is 0.0606. The van der Waals surface area contributed by atoms with Crippen LogP contribution < -0.4 is 19.2 Å². The Morgan fingerprint density at radius 2 is 1.71 bits per heavy atom. The molecule has 184 valence electrons. The second kappa shape index (κ2) is 11.5. The van der Waals surface area contributed by atoms with Crippen molar-refractivity contribution in [2.24, 2.45) is 5.10 Å². The van der Waals surface area contributed by atoms with E-state index < -0.39 is 22.5 Å². The molecule has 0 spiro atoms. The Bertz CT molecular complexity index is 1290. The van der Waals surface area contributed by atoms with E-state index in [9.17, 15) is 13.2 Å². The number of rotatable bonds is 10. The summed E-state index contributed by atoms with van der Waals surface area (Å²) in [5.41, 5.74) is 4.90. The molecule has 0 heterocycles. The lowest BCUT2D eigenvalue weighted by molar-refractivity contribution is -0.119. The van der Waals surface area contributed by atoms with Gasteiger partial charge in [-0.2, -0.15) is 5.10 Å². The zero-order valence-corrected chi connectivity index (χ0v) is 21.0. The van der Waals surface area contributed by atoms with Gasteiger partial charge >= 0.3 is 0 Å². The molecule has 0 radical (unpaired) electrons. The predicted octanol–water partition coefficient (Wildman–Crippen LogP) is 4.14. The number of hydrogen-bond donors (Lipinski definition) is 1. The Labute approximate surface area is 206 Å². The van der Waals surface area contributed by atoms with Gasteiger partial charge in [0.1, 0.15) is 18.0 Å². The summed E-state index contributed by atoms with van der Waals surface area (Å²) in [6, 6.07) is 20.4. The molecule has 0 atom stereocenters. The van der Waals surface area contributed by atoms with Crippen molar-refractivity contribution in [3.05, 3.63) is 83.9 Å². The van der Waals surface area contributed by atoms with Crippen LogP contribution in [0.2, 0.25) is 0 Å². The highest BCUT2D eigenvalue weighted by Gasteiger charge is 2.29. The van der Waals surface area contributed by atoms with Crippen LogP contribution in [0.4, 0.5) is 5.69 Å². The first kappa shape index (κ1) is 25.8. The summed E-state index contributed by atoms with van der Waals surface area (Å²) in [6.45, 7) is 5.57. The molecule has 0 aromatic heterocycles. The largest absolute Gasteiger partial charge is 0.495 e. The van der Waals surface area contributed by atoms with Gasteiger partial charge in [-0.05, 0) is 80.4 Å². The van der Waals surface area contributed by atoms with Gasteiger partial charge in [-0.25, -0.2) is 13.8 Å². The first-order valence-electron chi connectivity index (χ1n) is 11.0. The number of nitrogens with one attached hydrogen (secondary N) is 1. The van der Waals surface area contributed by atoms with Crippen LogP contribution in [-0.4, -0.2) is 40.3 Å². The second-order valence-electron chi connectivity index (χ2n) is 7.69. The number of carbonyl (C=O) groups is 1. The van der Waals surface area contributed by atoms with Crippen LogP contribution in [0.25, 0.3) is 0 Å². The zero-order valence-electron chi connectivity index (χ0n) is 20.2. The zero-order chi connectivity index (χ0) is 25.4. The summed E-state index contributed by atoms with van der Waals surface area (Å²) < 4.78 is 38.9. The van der Waals surface area contributed by atoms with E-state index in [0.29, 0.717) is 18.1 Å². The van der Waals surface area contributed by atoms with Crippen molar-refractivity contribution < 1.29 is 22.7 Å². The molecule has 35 heavy (non-hydrogen) atoms. The first-order valence-corrected chi connectivity index (χ1v) is 12.5. The van der Waals surface area contributed by atoms with Crippen molar-refractivity contribution in [1.82, 2.24) is 5.43 Å². The number of anilines is 1. The molecule has 1 N–H and O–H groups in total. The third-order valence-corrected chi connectivity index (χ3v) is 6.93. The monoisotopic (exact) mass is 495 g/mol. The van der Waals surface area contributed by atoms with Gasteiger partial charge in [0.05, 0.1) is 30.0 Å². The number of aryl methyl sites for hydroxylation is 1. The molecule has 0 saturated heterocycles. The van der Waals surface area contributed by atoms with Crippen LogP contribution >= 0.6 is 0 Å².